The molecule has 4 rings (SSSR count). The molecule has 3 heterocycles. The fourth-order valence-electron chi connectivity index (χ4n) is 4.02. The lowest BCUT2D eigenvalue weighted by Crippen LogP contribution is -2.57. The summed E-state index contributed by atoms with van der Waals surface area (Å²) >= 11 is 7.77. The van der Waals surface area contributed by atoms with Crippen molar-refractivity contribution in [2.75, 3.05) is 52.6 Å². The molecule has 0 bridgehead atoms. The smallest absolute Gasteiger partial charge is 0.225 e. The molecule has 1 aromatic carbocycles. The molecule has 31 heavy (non-hydrogen) atoms. The van der Waals surface area contributed by atoms with E-state index < -0.39 is 5.60 Å². The normalized spacial score (nSPS) is 22.5. The average molecular weight is 465 g/mol. The van der Waals surface area contributed by atoms with E-state index in [2.05, 4.69) is 23.3 Å². The molecular weight excluding hydrogens is 436 g/mol. The zero-order valence-electron chi connectivity index (χ0n) is 17.8. The summed E-state index contributed by atoms with van der Waals surface area (Å²) < 4.78 is 17.8. The number of rotatable bonds is 7. The van der Waals surface area contributed by atoms with E-state index in [9.17, 15) is 4.79 Å². The zero-order valence-corrected chi connectivity index (χ0v) is 19.4. The fraction of sp³-hybridized carbons (Fsp3) is 0.522. The first-order chi connectivity index (χ1) is 15.0. The third kappa shape index (κ3) is 5.99. The van der Waals surface area contributed by atoms with E-state index in [1.165, 1.54) is 10.4 Å². The predicted molar refractivity (Wildman–Crippen MR) is 122 cm³/mol. The topological polar surface area (TPSA) is 51.2 Å². The highest BCUT2D eigenvalue weighted by molar-refractivity contribution is 7.10. The minimum absolute atomic E-state index is 0.0946. The number of aryl methyl sites for hydroxylation is 1. The van der Waals surface area contributed by atoms with Crippen LogP contribution in [0.1, 0.15) is 16.9 Å². The van der Waals surface area contributed by atoms with Gasteiger partial charge in [0, 0.05) is 42.6 Å². The number of ether oxygens (including phenoxy) is 3. The van der Waals surface area contributed by atoms with Crippen molar-refractivity contribution in [3.63, 3.8) is 0 Å². The van der Waals surface area contributed by atoms with Crippen LogP contribution in [0.25, 0.3) is 0 Å². The molecule has 2 saturated heterocycles. The van der Waals surface area contributed by atoms with E-state index in [1.54, 1.807) is 23.5 Å². The van der Waals surface area contributed by atoms with Gasteiger partial charge >= 0.3 is 0 Å². The van der Waals surface area contributed by atoms with E-state index >= 15 is 0 Å². The maximum atomic E-state index is 13.1. The summed E-state index contributed by atoms with van der Waals surface area (Å²) in [5.74, 6) is 0.814. The Morgan fingerprint density at radius 3 is 2.65 bits per heavy atom. The molecule has 168 valence electrons. The number of carbonyl (C=O) groups excluding carboxylic acids is 1. The van der Waals surface area contributed by atoms with Crippen LogP contribution in [0.15, 0.2) is 35.7 Å². The van der Waals surface area contributed by atoms with Crippen molar-refractivity contribution >= 4 is 28.8 Å². The van der Waals surface area contributed by atoms with Crippen LogP contribution in [0.5, 0.6) is 5.75 Å². The Morgan fingerprint density at radius 2 is 1.94 bits per heavy atom. The number of benzene rings is 1. The maximum Gasteiger partial charge on any atom is 0.225 e. The maximum absolute atomic E-state index is 13.1. The van der Waals surface area contributed by atoms with Gasteiger partial charge in [-0.3, -0.25) is 9.69 Å². The number of hydrogen-bond acceptors (Lipinski definition) is 6. The number of thiophene rings is 1. The predicted octanol–water partition coefficient (Wildman–Crippen LogP) is 3.61. The van der Waals surface area contributed by atoms with Crippen molar-refractivity contribution < 1.29 is 19.0 Å². The molecule has 2 aromatic rings. The van der Waals surface area contributed by atoms with Crippen molar-refractivity contribution in [3.8, 4) is 5.75 Å². The van der Waals surface area contributed by atoms with Gasteiger partial charge in [0.2, 0.25) is 5.91 Å². The molecule has 6 nitrogen and oxygen atoms in total. The second kappa shape index (κ2) is 10.3. The molecule has 0 spiro atoms. The Kier molecular flexibility index (Phi) is 7.51. The van der Waals surface area contributed by atoms with E-state index in [-0.39, 0.29) is 5.91 Å². The Hall–Kier alpha value is -1.64. The zero-order chi connectivity index (χ0) is 21.7. The molecule has 1 amide bonds. The van der Waals surface area contributed by atoms with Gasteiger partial charge < -0.3 is 19.1 Å². The summed E-state index contributed by atoms with van der Waals surface area (Å²) in [6, 6.07) is 9.44. The highest BCUT2D eigenvalue weighted by Crippen LogP contribution is 2.28. The van der Waals surface area contributed by atoms with E-state index in [0.29, 0.717) is 57.5 Å². The van der Waals surface area contributed by atoms with Crippen LogP contribution in [0, 0.1) is 6.92 Å². The molecule has 2 aliphatic heterocycles. The summed E-state index contributed by atoms with van der Waals surface area (Å²) in [7, 11) is 0. The molecule has 0 radical (unpaired) electrons. The first-order valence-corrected chi connectivity index (χ1v) is 11.9. The molecule has 0 saturated carbocycles. The summed E-state index contributed by atoms with van der Waals surface area (Å²) in [6.07, 6.45) is 0.292. The van der Waals surface area contributed by atoms with Crippen LogP contribution >= 0.6 is 22.9 Å². The van der Waals surface area contributed by atoms with Gasteiger partial charge in [0.25, 0.3) is 0 Å². The number of morpholine rings is 2. The van der Waals surface area contributed by atoms with Gasteiger partial charge in [-0.2, -0.15) is 0 Å². The van der Waals surface area contributed by atoms with Gasteiger partial charge in [0.1, 0.15) is 18.0 Å². The van der Waals surface area contributed by atoms with Crippen LogP contribution in [-0.4, -0.2) is 73.9 Å². The van der Waals surface area contributed by atoms with Gasteiger partial charge in [-0.05, 0) is 48.2 Å². The van der Waals surface area contributed by atoms with E-state index in [4.69, 9.17) is 25.8 Å². The number of carbonyl (C=O) groups is 1. The molecule has 2 fully saturated rings. The highest BCUT2D eigenvalue weighted by atomic mass is 35.5. The average Bonchev–Trinajstić information content (AvgIpc) is 3.18. The fourth-order valence-corrected chi connectivity index (χ4v) is 5.09. The lowest BCUT2D eigenvalue weighted by atomic mass is 9.96. The molecule has 1 aromatic heterocycles. The summed E-state index contributed by atoms with van der Waals surface area (Å²) in [5.41, 5.74) is 0.613. The molecule has 0 aliphatic carbocycles. The summed E-state index contributed by atoms with van der Waals surface area (Å²) in [5, 5.41) is 2.79. The van der Waals surface area contributed by atoms with Crippen molar-refractivity contribution in [3.05, 3.63) is 51.2 Å². The molecule has 0 unspecified atom stereocenters. The van der Waals surface area contributed by atoms with E-state index in [0.717, 1.165) is 18.8 Å². The number of hydrogen-bond donors (Lipinski definition) is 0. The third-order valence-corrected chi connectivity index (χ3v) is 7.08. The summed E-state index contributed by atoms with van der Waals surface area (Å²) in [4.78, 5) is 18.7. The molecule has 8 heteroatoms. The first-order valence-electron chi connectivity index (χ1n) is 10.7. The molecule has 1 atom stereocenters. The Labute approximate surface area is 192 Å². The largest absolute Gasteiger partial charge is 0.491 e. The molecular formula is C23H29ClN2O4S. The van der Waals surface area contributed by atoms with Crippen molar-refractivity contribution in [2.24, 2.45) is 0 Å². The van der Waals surface area contributed by atoms with Crippen LogP contribution in [-0.2, 0) is 20.8 Å². The van der Waals surface area contributed by atoms with Crippen molar-refractivity contribution in [2.45, 2.75) is 25.5 Å². The highest BCUT2D eigenvalue weighted by Gasteiger charge is 2.41. The number of halogens is 1. The van der Waals surface area contributed by atoms with Crippen molar-refractivity contribution in [1.82, 2.24) is 9.80 Å². The summed E-state index contributed by atoms with van der Waals surface area (Å²) in [6.45, 7) is 7.81. The third-order valence-electron chi connectivity index (χ3n) is 5.82. The van der Waals surface area contributed by atoms with Crippen molar-refractivity contribution in [1.29, 1.82) is 0 Å². The van der Waals surface area contributed by atoms with Gasteiger partial charge in [-0.1, -0.05) is 11.6 Å². The second-order valence-corrected chi connectivity index (χ2v) is 9.62. The molecule has 0 N–H and O–H groups in total. The van der Waals surface area contributed by atoms with Crippen LogP contribution in [0.3, 0.4) is 0 Å². The van der Waals surface area contributed by atoms with E-state index in [1.807, 2.05) is 17.0 Å². The van der Waals surface area contributed by atoms with Gasteiger partial charge in [-0.25, -0.2) is 0 Å². The van der Waals surface area contributed by atoms with Gasteiger partial charge in [0.15, 0.2) is 0 Å². The SMILES string of the molecule is Cc1ccsc1CN1CCO[C@](COc2ccc(Cl)cc2)(CC(=O)N2CCOCC2)C1. The van der Waals surface area contributed by atoms with Gasteiger partial charge in [0.05, 0.1) is 26.2 Å². The van der Waals surface area contributed by atoms with Gasteiger partial charge in [-0.15, -0.1) is 11.3 Å². The Morgan fingerprint density at radius 1 is 1.16 bits per heavy atom. The van der Waals surface area contributed by atoms with Crippen LogP contribution in [0.2, 0.25) is 5.02 Å². The second-order valence-electron chi connectivity index (χ2n) is 8.18. The molecule has 2 aliphatic rings. The Bertz CT molecular complexity index is 869. The quantitative estimate of drug-likeness (QED) is 0.626. The monoisotopic (exact) mass is 464 g/mol. The number of nitrogens with zero attached hydrogens (tertiary/aromatic N) is 2. The minimum atomic E-state index is -0.696. The Balaban J connectivity index is 1.48. The lowest BCUT2D eigenvalue weighted by molar-refractivity contribution is -0.159. The lowest BCUT2D eigenvalue weighted by Gasteiger charge is -2.43. The van der Waals surface area contributed by atoms with Crippen LogP contribution in [0.4, 0.5) is 0 Å². The standard InChI is InChI=1S/C23H29ClN2O4S/c1-18-6-13-31-21(18)15-25-7-12-30-23(16-25,14-22(27)26-8-10-28-11-9-26)17-29-20-4-2-19(24)3-5-20/h2-6,13H,7-12,14-17H2,1H3/t23-/m1/s1. The number of amides is 1. The first kappa shape index (κ1) is 22.6. The van der Waals surface area contributed by atoms with Crippen LogP contribution < -0.4 is 4.74 Å². The minimum Gasteiger partial charge on any atom is -0.491 e.